The minimum Gasteiger partial charge on any atom is -0.493 e. The Labute approximate surface area is 142 Å². The molecule has 0 saturated carbocycles. The monoisotopic (exact) mass is 389 g/mol. The van der Waals surface area contributed by atoms with Gasteiger partial charge in [0.05, 0.1) is 30.0 Å². The number of halogens is 3. The van der Waals surface area contributed by atoms with Crippen molar-refractivity contribution in [2.24, 2.45) is 0 Å². The molecule has 0 saturated heterocycles. The van der Waals surface area contributed by atoms with Crippen LogP contribution in [0.3, 0.4) is 0 Å². The summed E-state index contributed by atoms with van der Waals surface area (Å²) in [6, 6.07) is 9.32. The summed E-state index contributed by atoms with van der Waals surface area (Å²) < 4.78 is 11.3. The summed E-state index contributed by atoms with van der Waals surface area (Å²) in [6.45, 7) is 0.599. The summed E-state index contributed by atoms with van der Waals surface area (Å²) >= 11 is 15.7. The number of anilines is 1. The van der Waals surface area contributed by atoms with Gasteiger partial charge in [-0.15, -0.1) is 0 Å². The SMILES string of the molecule is COc1cc(Cl)c(NCc2ccc(Br)c(Cl)c2)cc1OC. The van der Waals surface area contributed by atoms with Crippen LogP contribution in [-0.4, -0.2) is 14.2 Å². The van der Waals surface area contributed by atoms with Gasteiger partial charge < -0.3 is 14.8 Å². The molecule has 0 aliphatic heterocycles. The maximum absolute atomic E-state index is 6.23. The molecule has 0 aliphatic rings. The Kier molecular flexibility index (Phi) is 5.62. The quantitative estimate of drug-likeness (QED) is 0.742. The first-order chi connectivity index (χ1) is 10.0. The second-order valence-electron chi connectivity index (χ2n) is 4.29. The number of ether oxygens (including phenoxy) is 2. The Bertz CT molecular complexity index is 650. The largest absolute Gasteiger partial charge is 0.493 e. The minimum atomic E-state index is 0.566. The number of benzene rings is 2. The van der Waals surface area contributed by atoms with Crippen LogP contribution in [0.1, 0.15) is 5.56 Å². The zero-order chi connectivity index (χ0) is 15.4. The van der Waals surface area contributed by atoms with Gasteiger partial charge in [0.1, 0.15) is 0 Å². The summed E-state index contributed by atoms with van der Waals surface area (Å²) in [7, 11) is 3.16. The molecule has 0 amide bonds. The smallest absolute Gasteiger partial charge is 0.162 e. The fourth-order valence-corrected chi connectivity index (χ4v) is 2.51. The highest BCUT2D eigenvalue weighted by molar-refractivity contribution is 9.10. The fraction of sp³-hybridized carbons (Fsp3) is 0.200. The first kappa shape index (κ1) is 16.3. The van der Waals surface area contributed by atoms with E-state index in [0.29, 0.717) is 28.1 Å². The average Bonchev–Trinajstić information content (AvgIpc) is 2.49. The lowest BCUT2D eigenvalue weighted by Crippen LogP contribution is -2.01. The Hall–Kier alpha value is -1.10. The van der Waals surface area contributed by atoms with Gasteiger partial charge in [-0.25, -0.2) is 0 Å². The molecule has 0 unspecified atom stereocenters. The van der Waals surface area contributed by atoms with E-state index in [1.54, 1.807) is 20.3 Å². The molecule has 0 spiro atoms. The van der Waals surface area contributed by atoms with Gasteiger partial charge in [0.2, 0.25) is 0 Å². The molecule has 2 aromatic rings. The van der Waals surface area contributed by atoms with E-state index in [2.05, 4.69) is 21.2 Å². The number of hydrogen-bond donors (Lipinski definition) is 1. The number of nitrogens with one attached hydrogen (secondary N) is 1. The minimum absolute atomic E-state index is 0.566. The molecule has 0 fully saturated rings. The van der Waals surface area contributed by atoms with E-state index in [1.165, 1.54) is 0 Å². The van der Waals surface area contributed by atoms with Crippen molar-refractivity contribution >= 4 is 44.8 Å². The predicted octanol–water partition coefficient (Wildman–Crippen LogP) is 5.39. The van der Waals surface area contributed by atoms with Crippen LogP contribution >= 0.6 is 39.1 Å². The molecular formula is C15H14BrCl2NO2. The van der Waals surface area contributed by atoms with E-state index in [0.717, 1.165) is 15.7 Å². The molecule has 0 heterocycles. The third kappa shape index (κ3) is 3.96. The van der Waals surface area contributed by atoms with Crippen LogP contribution in [0.25, 0.3) is 0 Å². The van der Waals surface area contributed by atoms with E-state index in [4.69, 9.17) is 32.7 Å². The van der Waals surface area contributed by atoms with Crippen LogP contribution in [0.2, 0.25) is 10.0 Å². The van der Waals surface area contributed by atoms with Crippen molar-refractivity contribution < 1.29 is 9.47 Å². The summed E-state index contributed by atoms with van der Waals surface area (Å²) in [6.07, 6.45) is 0. The van der Waals surface area contributed by atoms with Crippen molar-refractivity contribution in [3.05, 3.63) is 50.4 Å². The zero-order valence-electron chi connectivity index (χ0n) is 11.5. The van der Waals surface area contributed by atoms with Crippen LogP contribution < -0.4 is 14.8 Å². The van der Waals surface area contributed by atoms with Crippen LogP contribution in [0.4, 0.5) is 5.69 Å². The third-order valence-electron chi connectivity index (χ3n) is 2.94. The van der Waals surface area contributed by atoms with E-state index < -0.39 is 0 Å². The molecule has 112 valence electrons. The van der Waals surface area contributed by atoms with E-state index in [9.17, 15) is 0 Å². The van der Waals surface area contributed by atoms with Crippen LogP contribution in [0.15, 0.2) is 34.8 Å². The molecule has 0 bridgehead atoms. The topological polar surface area (TPSA) is 30.5 Å². The molecule has 0 aliphatic carbocycles. The van der Waals surface area contributed by atoms with Gasteiger partial charge in [0.15, 0.2) is 11.5 Å². The first-order valence-electron chi connectivity index (χ1n) is 6.14. The maximum Gasteiger partial charge on any atom is 0.162 e. The predicted molar refractivity (Wildman–Crippen MR) is 91.0 cm³/mol. The molecule has 21 heavy (non-hydrogen) atoms. The van der Waals surface area contributed by atoms with Gasteiger partial charge in [-0.3, -0.25) is 0 Å². The lowest BCUT2D eigenvalue weighted by Gasteiger charge is -2.13. The summed E-state index contributed by atoms with van der Waals surface area (Å²) in [5, 5.41) is 4.50. The van der Waals surface area contributed by atoms with Crippen molar-refractivity contribution in [3.8, 4) is 11.5 Å². The van der Waals surface area contributed by atoms with Gasteiger partial charge in [-0.2, -0.15) is 0 Å². The standard InChI is InChI=1S/C15H14BrCl2NO2/c1-20-14-6-12(18)13(7-15(14)21-2)19-8-9-3-4-10(16)11(17)5-9/h3-7,19H,8H2,1-2H3. The van der Waals surface area contributed by atoms with Crippen molar-refractivity contribution in [2.45, 2.75) is 6.54 Å². The molecule has 0 atom stereocenters. The molecule has 0 radical (unpaired) electrons. The molecule has 0 aromatic heterocycles. The highest BCUT2D eigenvalue weighted by atomic mass is 79.9. The van der Waals surface area contributed by atoms with E-state index in [-0.39, 0.29) is 0 Å². The van der Waals surface area contributed by atoms with Gasteiger partial charge in [-0.1, -0.05) is 29.3 Å². The van der Waals surface area contributed by atoms with E-state index in [1.807, 2.05) is 24.3 Å². The highest BCUT2D eigenvalue weighted by Crippen LogP contribution is 2.36. The highest BCUT2D eigenvalue weighted by Gasteiger charge is 2.10. The summed E-state index contributed by atoms with van der Waals surface area (Å²) in [5.74, 6) is 1.22. The molecular weight excluding hydrogens is 377 g/mol. The molecule has 1 N–H and O–H groups in total. The zero-order valence-corrected chi connectivity index (χ0v) is 14.6. The molecule has 6 heteroatoms. The first-order valence-corrected chi connectivity index (χ1v) is 7.69. The summed E-state index contributed by atoms with van der Waals surface area (Å²) in [4.78, 5) is 0. The van der Waals surface area contributed by atoms with Gasteiger partial charge in [-0.05, 0) is 33.6 Å². The van der Waals surface area contributed by atoms with Crippen LogP contribution in [-0.2, 0) is 6.54 Å². The van der Waals surface area contributed by atoms with Crippen molar-refractivity contribution in [2.75, 3.05) is 19.5 Å². The third-order valence-corrected chi connectivity index (χ3v) is 4.49. The second kappa shape index (κ2) is 7.25. The van der Waals surface area contributed by atoms with Gasteiger partial charge in [0.25, 0.3) is 0 Å². The Balaban J connectivity index is 2.17. The Morgan fingerprint density at radius 3 is 2.29 bits per heavy atom. The fourth-order valence-electron chi connectivity index (χ4n) is 1.84. The second-order valence-corrected chi connectivity index (χ2v) is 5.96. The Morgan fingerprint density at radius 2 is 1.67 bits per heavy atom. The lowest BCUT2D eigenvalue weighted by atomic mass is 10.2. The van der Waals surface area contributed by atoms with Crippen molar-refractivity contribution in [1.82, 2.24) is 0 Å². The van der Waals surface area contributed by atoms with Crippen LogP contribution in [0.5, 0.6) is 11.5 Å². The normalized spacial score (nSPS) is 10.3. The molecule has 3 nitrogen and oxygen atoms in total. The maximum atomic E-state index is 6.23. The van der Waals surface area contributed by atoms with E-state index >= 15 is 0 Å². The van der Waals surface area contributed by atoms with Crippen LogP contribution in [0, 0.1) is 0 Å². The Morgan fingerprint density at radius 1 is 1.00 bits per heavy atom. The molecule has 2 rings (SSSR count). The van der Waals surface area contributed by atoms with Crippen molar-refractivity contribution in [3.63, 3.8) is 0 Å². The number of methoxy groups -OCH3 is 2. The lowest BCUT2D eigenvalue weighted by molar-refractivity contribution is 0.355. The molecule has 2 aromatic carbocycles. The van der Waals surface area contributed by atoms with Crippen molar-refractivity contribution in [1.29, 1.82) is 0 Å². The average molecular weight is 391 g/mol. The number of hydrogen-bond acceptors (Lipinski definition) is 3. The summed E-state index contributed by atoms with van der Waals surface area (Å²) in [5.41, 5.74) is 1.82. The van der Waals surface area contributed by atoms with Gasteiger partial charge >= 0.3 is 0 Å². The number of rotatable bonds is 5. The van der Waals surface area contributed by atoms with Gasteiger partial charge in [0, 0.05) is 23.2 Å².